The molecule has 0 spiro atoms. The molecular formula is C95H75ClF3N17O11. The van der Waals surface area contributed by atoms with Crippen molar-refractivity contribution in [1.29, 1.82) is 0 Å². The molecule has 2 fully saturated rings. The number of halogens is 4. The third kappa shape index (κ3) is 17.7. The van der Waals surface area contributed by atoms with Gasteiger partial charge in [0, 0.05) is 176 Å². The number of carbonyl (C=O) groups is 4. The summed E-state index contributed by atoms with van der Waals surface area (Å²) in [6.07, 6.45) is 28.0. The number of anilines is 1. The number of pyridine rings is 4. The molecule has 5 amide bonds. The van der Waals surface area contributed by atoms with Gasteiger partial charge in [-0.15, -0.1) is 0 Å². The molecule has 32 heteroatoms. The van der Waals surface area contributed by atoms with Gasteiger partial charge in [-0.05, 0) is 141 Å². The van der Waals surface area contributed by atoms with Crippen molar-refractivity contribution in [2.24, 2.45) is 28.2 Å². The van der Waals surface area contributed by atoms with Crippen molar-refractivity contribution in [3.05, 3.63) is 285 Å². The zero-order valence-electron chi connectivity index (χ0n) is 68.7. The number of urea groups is 1. The molecule has 0 atom stereocenters. The fraction of sp³-hybridized carbons (Fsp3) is 0.137. The number of rotatable bonds is 18. The Labute approximate surface area is 725 Å². The molecule has 0 radical (unpaired) electrons. The third-order valence-corrected chi connectivity index (χ3v) is 21.4. The maximum Gasteiger partial charge on any atom is 0.322 e. The summed E-state index contributed by atoms with van der Waals surface area (Å²) < 4.78 is 89.5. The number of imidazole rings is 4. The third-order valence-electron chi connectivity index (χ3n) is 21.0. The number of hydrogen-bond acceptors (Lipinski definition) is 19. The monoisotopic (exact) mass is 1720 g/mol. The minimum absolute atomic E-state index is 0.0497. The quantitative estimate of drug-likeness (QED) is 0.0620. The predicted molar refractivity (Wildman–Crippen MR) is 474 cm³/mol. The maximum absolute atomic E-state index is 14.9. The first-order chi connectivity index (χ1) is 61.6. The van der Waals surface area contributed by atoms with Crippen molar-refractivity contribution in [3.63, 3.8) is 0 Å². The van der Waals surface area contributed by atoms with E-state index in [1.54, 1.807) is 81.3 Å². The Morgan fingerprint density at radius 3 is 1.13 bits per heavy atom. The van der Waals surface area contributed by atoms with Crippen molar-refractivity contribution in [1.82, 2.24) is 79.0 Å². The van der Waals surface area contributed by atoms with Crippen LogP contribution in [0.5, 0.6) is 46.0 Å². The van der Waals surface area contributed by atoms with Gasteiger partial charge in [-0.2, -0.15) is 0 Å². The Bertz CT molecular complexity index is 7470. The number of fused-ring (bicyclic) bond motifs is 7. The predicted octanol–water partition coefficient (Wildman–Crippen LogP) is 20.2. The van der Waals surface area contributed by atoms with E-state index >= 15 is 0 Å². The lowest BCUT2D eigenvalue weighted by Gasteiger charge is -2.38. The smallest absolute Gasteiger partial charge is 0.322 e. The number of benzene rings is 8. The average molecular weight is 1720 g/mol. The molecule has 1 saturated carbocycles. The number of alkyl halides is 2. The van der Waals surface area contributed by atoms with Gasteiger partial charge in [-0.3, -0.25) is 34.3 Å². The Balaban J connectivity index is 0.000000115. The number of nitrogens with one attached hydrogen (secondary N) is 4. The number of likely N-dealkylation sites (tertiary alicyclic amines) is 1. The second-order valence-electron chi connectivity index (χ2n) is 30.3. The lowest BCUT2D eigenvalue weighted by Crippen LogP contribution is -2.59. The van der Waals surface area contributed by atoms with Crippen LogP contribution in [0.4, 0.5) is 23.7 Å². The lowest BCUT2D eigenvalue weighted by molar-refractivity contribution is -0.107. The second kappa shape index (κ2) is 34.6. The van der Waals surface area contributed by atoms with Gasteiger partial charge in [-0.25, -0.2) is 37.9 Å². The van der Waals surface area contributed by atoms with Crippen LogP contribution >= 0.6 is 11.6 Å². The molecule has 0 unspecified atom stereocenters. The molecule has 4 N–H and O–H groups in total. The number of furan rings is 3. The zero-order chi connectivity index (χ0) is 87.7. The summed E-state index contributed by atoms with van der Waals surface area (Å²) in [5.41, 5.74) is 13.7. The van der Waals surface area contributed by atoms with Crippen LogP contribution in [0.25, 0.3) is 122 Å². The normalized spacial score (nSPS) is 12.7. The first kappa shape index (κ1) is 81.8. The SMILES string of the molecule is CCNC(=O)c1coc2cc(Oc3ccnc4cc(-c5cn(C)cn5)ccc34)ccc12.CNC(=O)c1coc2cc(Oc3ccnc4cc(-c5cn(C)cn5)ccc34)ccc12.Cn1cnc(-c2ccc3c(Oc4ccc(NC(=O)N5CC(F)(F)C5)c(Cl)c4F)ccnc3c2)c1.Cn1cnc(-c2ccc3c(Oc4ccc5c(C(=O)NC6CC6)coc5c4)ccnc3c2)c1. The highest BCUT2D eigenvalue weighted by molar-refractivity contribution is 6.34. The van der Waals surface area contributed by atoms with Gasteiger partial charge in [0.1, 0.15) is 80.8 Å². The number of hydrogen-bond donors (Lipinski definition) is 4. The molecule has 1 saturated heterocycles. The largest absolute Gasteiger partial charge is 0.463 e. The second-order valence-corrected chi connectivity index (χ2v) is 30.6. The molecule has 21 rings (SSSR count). The van der Waals surface area contributed by atoms with Gasteiger partial charge < -0.3 is 76.6 Å². The molecule has 127 heavy (non-hydrogen) atoms. The van der Waals surface area contributed by atoms with E-state index in [1.807, 2.05) is 199 Å². The molecule has 2 aliphatic rings. The van der Waals surface area contributed by atoms with E-state index in [9.17, 15) is 32.3 Å². The van der Waals surface area contributed by atoms with E-state index in [-0.39, 0.29) is 29.2 Å². The maximum atomic E-state index is 14.9. The number of carbonyl (C=O) groups excluding carboxylic acids is 4. The van der Waals surface area contributed by atoms with E-state index in [4.69, 9.17) is 43.8 Å². The minimum Gasteiger partial charge on any atom is -0.463 e. The highest BCUT2D eigenvalue weighted by atomic mass is 35.5. The van der Waals surface area contributed by atoms with Crippen LogP contribution < -0.4 is 40.2 Å². The molecule has 1 aliphatic heterocycles. The van der Waals surface area contributed by atoms with Gasteiger partial charge in [0.05, 0.1) is 106 Å². The van der Waals surface area contributed by atoms with E-state index < -0.39 is 35.9 Å². The highest BCUT2D eigenvalue weighted by Crippen LogP contribution is 2.42. The van der Waals surface area contributed by atoms with Crippen LogP contribution in [0, 0.1) is 5.82 Å². The van der Waals surface area contributed by atoms with Gasteiger partial charge in [0.25, 0.3) is 23.6 Å². The van der Waals surface area contributed by atoms with Gasteiger partial charge in [0.2, 0.25) is 0 Å². The Kier molecular flexibility index (Phi) is 22.3. The topological polar surface area (TPSA) is 319 Å². The first-order valence-corrected chi connectivity index (χ1v) is 40.4. The summed E-state index contributed by atoms with van der Waals surface area (Å²) >= 11 is 6.08. The van der Waals surface area contributed by atoms with Crippen LogP contribution in [0.3, 0.4) is 0 Å². The molecule has 28 nitrogen and oxygen atoms in total. The molecular weight excluding hydrogens is 1650 g/mol. The summed E-state index contributed by atoms with van der Waals surface area (Å²) in [4.78, 5) is 84.8. The fourth-order valence-corrected chi connectivity index (χ4v) is 14.6. The van der Waals surface area contributed by atoms with Crippen LogP contribution in [0.1, 0.15) is 50.8 Å². The zero-order valence-corrected chi connectivity index (χ0v) is 69.4. The van der Waals surface area contributed by atoms with E-state index in [0.29, 0.717) is 97.2 Å². The van der Waals surface area contributed by atoms with Gasteiger partial charge >= 0.3 is 6.03 Å². The van der Waals surface area contributed by atoms with Crippen LogP contribution in [-0.4, -0.2) is 125 Å². The molecule has 0 bridgehead atoms. The highest BCUT2D eigenvalue weighted by Gasteiger charge is 2.46. The van der Waals surface area contributed by atoms with Crippen LogP contribution in [-0.2, 0) is 28.2 Å². The Morgan fingerprint density at radius 2 is 0.795 bits per heavy atom. The molecule has 8 aromatic carbocycles. The summed E-state index contributed by atoms with van der Waals surface area (Å²) in [6.45, 7) is 1.04. The standard InChI is InChI=1S/C25H20N4O3.C24H20N4O3.C23H17ClF3N5O2.C23H18N4O3/c1-29-12-22(27-14-29)15-2-6-19-21(10-15)26-9-8-23(19)32-17-5-7-18-20(13-31-24(18)11-17)25(30)28-16-3-4-16;1-3-25-24(29)19-13-30-23-11-16(5-7-17(19)23)31-22-8-9-26-20-10-15(4-6-18(20)22)21-12-28(2)14-27-21;1-31-9-17(29-12-31)13-2-3-14-16(8-13)28-7-6-18(14)34-19-5-4-15(20(24)21(19)25)30-22(33)32-10-23(26,27)11-32;1-24-23(28)18-12-29-22-10-15(4-6-16(18)22)30-21-7-8-25-19-9-14(3-5-17(19)21)20-11-27(2)13-26-20/h2,5-14,16H,3-4H2,1H3,(H,28,30);4-14H,3H2,1-2H3,(H,25,29);2-9,12H,10-11H2,1H3,(H,30,33);3-13H,1-2H3,(H,24,28). The number of nitrogens with zero attached hydrogens (tertiary/aromatic N) is 13. The van der Waals surface area contributed by atoms with Crippen molar-refractivity contribution in [3.8, 4) is 91.0 Å². The van der Waals surface area contributed by atoms with E-state index in [1.165, 1.54) is 37.1 Å². The molecule has 1 aliphatic carbocycles. The molecule has 19 aromatic rings. The van der Waals surface area contributed by atoms with Gasteiger partial charge in [0.15, 0.2) is 11.6 Å². The number of aryl methyl sites for hydroxylation is 4. The summed E-state index contributed by atoms with van der Waals surface area (Å²) in [5, 5.41) is 15.9. The Hall–Kier alpha value is -16.2. The van der Waals surface area contributed by atoms with E-state index in [2.05, 4.69) is 61.1 Å². The number of aromatic nitrogens is 12. The first-order valence-electron chi connectivity index (χ1n) is 40.0. The fourth-order valence-electron chi connectivity index (χ4n) is 14.4. The van der Waals surface area contributed by atoms with Crippen LogP contribution in [0.2, 0.25) is 5.02 Å². The Morgan fingerprint density at radius 1 is 0.441 bits per heavy atom. The van der Waals surface area contributed by atoms with E-state index in [0.717, 1.165) is 112 Å². The van der Waals surface area contributed by atoms with Crippen LogP contribution in [0.15, 0.2) is 271 Å². The summed E-state index contributed by atoms with van der Waals surface area (Å²) in [6, 6.07) is 49.1. The lowest BCUT2D eigenvalue weighted by atomic mass is 10.1. The number of ether oxygens (including phenoxy) is 4. The van der Waals surface area contributed by atoms with Gasteiger partial charge in [-0.1, -0.05) is 35.9 Å². The minimum atomic E-state index is -2.91. The summed E-state index contributed by atoms with van der Waals surface area (Å²) in [5.74, 6) is -0.133. The van der Waals surface area contributed by atoms with Crippen molar-refractivity contribution in [2.45, 2.75) is 31.7 Å². The summed E-state index contributed by atoms with van der Waals surface area (Å²) in [7, 11) is 9.29. The molecule has 634 valence electrons. The molecule has 12 heterocycles. The van der Waals surface area contributed by atoms with Crippen molar-refractivity contribution in [2.75, 3.05) is 32.0 Å². The number of amides is 5. The van der Waals surface area contributed by atoms with Crippen molar-refractivity contribution < 1.29 is 64.5 Å². The van der Waals surface area contributed by atoms with Crippen molar-refractivity contribution >= 4 is 118 Å². The average Bonchev–Trinajstić information content (AvgIpc) is 1.64. The molecule has 11 aromatic heterocycles.